The fraction of sp³-hybridized carbons (Fsp3) is 0.250. The Morgan fingerprint density at radius 2 is 1.64 bits per heavy atom. The van der Waals surface area contributed by atoms with Crippen LogP contribution in [0.25, 0.3) is 10.4 Å². The van der Waals surface area contributed by atoms with Crippen molar-refractivity contribution in [1.82, 2.24) is 0 Å². The first-order valence-corrected chi connectivity index (χ1v) is 3.57. The highest BCUT2D eigenvalue weighted by atomic mass is 19.4. The summed E-state index contributed by atoms with van der Waals surface area (Å²) in [5.41, 5.74) is 6.73. The second kappa shape index (κ2) is 5.88. The third-order valence-electron chi connectivity index (χ3n) is 1.19. The standard InChI is InChI=1S/C7H5F3.CH3N3/c8-7(9,10)6-4-2-1-3-5-6;1-3-4-2/h1-5H;1H3. The van der Waals surface area contributed by atoms with Gasteiger partial charge in [0, 0.05) is 12.0 Å². The fourth-order valence-electron chi connectivity index (χ4n) is 0.627. The third kappa shape index (κ3) is 5.05. The van der Waals surface area contributed by atoms with Crippen LogP contribution in [0.15, 0.2) is 35.4 Å². The summed E-state index contributed by atoms with van der Waals surface area (Å²) >= 11 is 0. The summed E-state index contributed by atoms with van der Waals surface area (Å²) in [6.45, 7) is 0. The van der Waals surface area contributed by atoms with Crippen LogP contribution in [0.4, 0.5) is 13.2 Å². The predicted molar refractivity (Wildman–Crippen MR) is 46.5 cm³/mol. The maximum Gasteiger partial charge on any atom is 0.416 e. The average Bonchev–Trinajstić information content (AvgIpc) is 2.18. The van der Waals surface area contributed by atoms with Crippen molar-refractivity contribution in [2.24, 2.45) is 5.11 Å². The topological polar surface area (TPSA) is 48.8 Å². The van der Waals surface area contributed by atoms with Crippen LogP contribution in [-0.4, -0.2) is 7.05 Å². The summed E-state index contributed by atoms with van der Waals surface area (Å²) in [6, 6.07) is 6.36. The number of rotatable bonds is 0. The van der Waals surface area contributed by atoms with Gasteiger partial charge in [-0.25, -0.2) is 0 Å². The van der Waals surface area contributed by atoms with E-state index in [0.717, 1.165) is 12.1 Å². The zero-order valence-corrected chi connectivity index (χ0v) is 7.36. The average molecular weight is 203 g/mol. The van der Waals surface area contributed by atoms with Crippen LogP contribution in [0.1, 0.15) is 5.56 Å². The lowest BCUT2D eigenvalue weighted by atomic mass is 10.2. The molecule has 0 fully saturated rings. The van der Waals surface area contributed by atoms with Crippen molar-refractivity contribution in [3.8, 4) is 0 Å². The lowest BCUT2D eigenvalue weighted by molar-refractivity contribution is -0.137. The molecule has 0 aliphatic rings. The molecule has 0 saturated heterocycles. The van der Waals surface area contributed by atoms with Gasteiger partial charge in [-0.3, -0.25) is 0 Å². The van der Waals surface area contributed by atoms with E-state index in [1.165, 1.54) is 19.2 Å². The van der Waals surface area contributed by atoms with Crippen molar-refractivity contribution in [1.29, 1.82) is 0 Å². The van der Waals surface area contributed by atoms with Crippen LogP contribution >= 0.6 is 0 Å². The molecule has 0 amide bonds. The molecule has 0 bridgehead atoms. The first kappa shape index (κ1) is 12.3. The monoisotopic (exact) mass is 203 g/mol. The van der Waals surface area contributed by atoms with E-state index in [2.05, 4.69) is 10.0 Å². The Hall–Kier alpha value is -1.68. The summed E-state index contributed by atoms with van der Waals surface area (Å²) in [4.78, 5) is 2.36. The number of halogens is 3. The highest BCUT2D eigenvalue weighted by molar-refractivity contribution is 5.17. The molecular formula is C8H8F3N3. The van der Waals surface area contributed by atoms with E-state index < -0.39 is 11.7 Å². The third-order valence-corrected chi connectivity index (χ3v) is 1.19. The van der Waals surface area contributed by atoms with Gasteiger partial charge in [0.1, 0.15) is 0 Å². The molecule has 0 spiro atoms. The van der Waals surface area contributed by atoms with Gasteiger partial charge in [0.25, 0.3) is 0 Å². The quantitative estimate of drug-likeness (QED) is 0.351. The molecule has 3 nitrogen and oxygen atoms in total. The van der Waals surface area contributed by atoms with Gasteiger partial charge in [-0.2, -0.15) is 13.2 Å². The summed E-state index contributed by atoms with van der Waals surface area (Å²) in [5, 5.41) is 2.92. The van der Waals surface area contributed by atoms with Crippen LogP contribution in [-0.2, 0) is 6.18 Å². The van der Waals surface area contributed by atoms with Crippen molar-refractivity contribution in [2.45, 2.75) is 6.18 Å². The number of hydrogen-bond donors (Lipinski definition) is 0. The predicted octanol–water partition coefficient (Wildman–Crippen LogP) is 3.63. The lowest BCUT2D eigenvalue weighted by Crippen LogP contribution is -2.03. The molecule has 0 aromatic heterocycles. The first-order valence-electron chi connectivity index (χ1n) is 3.57. The Labute approximate surface area is 78.8 Å². The Morgan fingerprint density at radius 1 is 1.21 bits per heavy atom. The normalized spacial score (nSPS) is 9.43. The Bertz CT molecular complexity index is 301. The molecule has 0 unspecified atom stereocenters. The highest BCUT2D eigenvalue weighted by Gasteiger charge is 2.29. The van der Waals surface area contributed by atoms with Crippen molar-refractivity contribution < 1.29 is 13.2 Å². The number of hydrogen-bond acceptors (Lipinski definition) is 1. The zero-order valence-electron chi connectivity index (χ0n) is 7.36. The van der Waals surface area contributed by atoms with Gasteiger partial charge in [0.15, 0.2) is 0 Å². The van der Waals surface area contributed by atoms with Gasteiger partial charge < -0.3 is 0 Å². The molecule has 0 saturated carbocycles. The van der Waals surface area contributed by atoms with E-state index in [9.17, 15) is 13.2 Å². The molecule has 0 atom stereocenters. The van der Waals surface area contributed by atoms with Crippen LogP contribution in [0.5, 0.6) is 0 Å². The van der Waals surface area contributed by atoms with Gasteiger partial charge in [-0.05, 0) is 5.53 Å². The minimum Gasteiger partial charge on any atom is -0.166 e. The van der Waals surface area contributed by atoms with E-state index in [0.29, 0.717) is 0 Å². The summed E-state index contributed by atoms with van der Waals surface area (Å²) in [5.74, 6) is 0. The molecule has 0 radical (unpaired) electrons. The van der Waals surface area contributed by atoms with Crippen LogP contribution < -0.4 is 0 Å². The molecule has 0 heterocycles. The van der Waals surface area contributed by atoms with Crippen molar-refractivity contribution >= 4 is 0 Å². The summed E-state index contributed by atoms with van der Waals surface area (Å²) in [7, 11) is 1.39. The molecule has 76 valence electrons. The van der Waals surface area contributed by atoms with E-state index in [-0.39, 0.29) is 0 Å². The fourth-order valence-corrected chi connectivity index (χ4v) is 0.627. The van der Waals surface area contributed by atoms with E-state index in [1.54, 1.807) is 6.07 Å². The number of nitrogens with zero attached hydrogens (tertiary/aromatic N) is 3. The molecule has 6 heteroatoms. The Morgan fingerprint density at radius 3 is 1.86 bits per heavy atom. The molecule has 0 N–H and O–H groups in total. The smallest absolute Gasteiger partial charge is 0.166 e. The minimum absolute atomic E-state index is 0.602. The largest absolute Gasteiger partial charge is 0.416 e. The molecule has 0 aliphatic heterocycles. The second-order valence-corrected chi connectivity index (χ2v) is 2.15. The van der Waals surface area contributed by atoms with E-state index in [4.69, 9.17) is 5.53 Å². The lowest BCUT2D eigenvalue weighted by Gasteiger charge is -2.03. The first-order chi connectivity index (χ1) is 6.52. The van der Waals surface area contributed by atoms with Crippen molar-refractivity contribution in [3.63, 3.8) is 0 Å². The number of alkyl halides is 3. The molecule has 1 rings (SSSR count). The maximum absolute atomic E-state index is 11.8. The zero-order chi connectivity index (χ0) is 11.0. The van der Waals surface area contributed by atoms with Crippen molar-refractivity contribution in [2.75, 3.05) is 7.05 Å². The number of benzene rings is 1. The van der Waals surface area contributed by atoms with E-state index >= 15 is 0 Å². The van der Waals surface area contributed by atoms with Gasteiger partial charge in [0.2, 0.25) is 0 Å². The summed E-state index contributed by atoms with van der Waals surface area (Å²) in [6.07, 6.45) is -4.21. The SMILES string of the molecule is CN=[N+]=[N-].FC(F)(F)c1ccccc1. The van der Waals surface area contributed by atoms with Gasteiger partial charge in [0.05, 0.1) is 5.56 Å². The van der Waals surface area contributed by atoms with Gasteiger partial charge in [-0.1, -0.05) is 35.4 Å². The van der Waals surface area contributed by atoms with Gasteiger partial charge in [-0.15, -0.1) is 0 Å². The second-order valence-electron chi connectivity index (χ2n) is 2.15. The Kier molecular flexibility index (Phi) is 5.17. The maximum atomic E-state index is 11.8. The molecule has 1 aromatic rings. The highest BCUT2D eigenvalue weighted by Crippen LogP contribution is 2.28. The molecule has 0 aliphatic carbocycles. The van der Waals surface area contributed by atoms with Gasteiger partial charge >= 0.3 is 6.18 Å². The number of azide groups is 1. The van der Waals surface area contributed by atoms with Crippen LogP contribution in [0, 0.1) is 0 Å². The van der Waals surface area contributed by atoms with Crippen molar-refractivity contribution in [3.05, 3.63) is 46.3 Å². The molecule has 1 aromatic carbocycles. The summed E-state index contributed by atoms with van der Waals surface area (Å²) < 4.78 is 35.4. The van der Waals surface area contributed by atoms with Crippen LogP contribution in [0.2, 0.25) is 0 Å². The Balaban J connectivity index is 0.000000364. The molecular weight excluding hydrogens is 195 g/mol. The molecule has 14 heavy (non-hydrogen) atoms. The van der Waals surface area contributed by atoms with E-state index in [1.807, 2.05) is 0 Å². The minimum atomic E-state index is -4.21. The van der Waals surface area contributed by atoms with Crippen LogP contribution in [0.3, 0.4) is 0 Å².